The maximum absolute atomic E-state index is 13.2. The minimum atomic E-state index is -0.184. The van der Waals surface area contributed by atoms with E-state index in [9.17, 15) is 4.39 Å². The molecule has 0 nitrogen and oxygen atoms in total. The average molecular weight is 282 g/mol. The number of hydrogen-bond donors (Lipinski definition) is 0. The SMILES string of the molecule is Cc1ccc(Cc2ccc(-c3cccc(F)c3)s2)cc1. The molecule has 0 aliphatic rings. The van der Waals surface area contributed by atoms with Crippen molar-refractivity contribution in [2.24, 2.45) is 0 Å². The van der Waals surface area contributed by atoms with Gasteiger partial charge < -0.3 is 0 Å². The van der Waals surface area contributed by atoms with Gasteiger partial charge >= 0.3 is 0 Å². The molecule has 3 rings (SSSR count). The lowest BCUT2D eigenvalue weighted by Crippen LogP contribution is -1.83. The molecule has 0 atom stereocenters. The molecule has 1 aromatic heterocycles. The second-order valence-electron chi connectivity index (χ2n) is 4.94. The summed E-state index contributed by atoms with van der Waals surface area (Å²) in [6.07, 6.45) is 0.931. The number of aryl methyl sites for hydroxylation is 1. The Morgan fingerprint density at radius 2 is 1.75 bits per heavy atom. The highest BCUT2D eigenvalue weighted by atomic mass is 32.1. The van der Waals surface area contributed by atoms with Crippen LogP contribution in [0.3, 0.4) is 0 Å². The Labute approximate surface area is 122 Å². The van der Waals surface area contributed by atoms with Gasteiger partial charge in [-0.25, -0.2) is 4.39 Å². The van der Waals surface area contributed by atoms with Gasteiger partial charge in [0.05, 0.1) is 0 Å². The van der Waals surface area contributed by atoms with Gasteiger partial charge in [0.1, 0.15) is 5.82 Å². The molecule has 0 radical (unpaired) electrons. The standard InChI is InChI=1S/C18H15FS/c1-13-5-7-14(8-6-13)11-17-9-10-18(20-17)15-3-2-4-16(19)12-15/h2-10,12H,11H2,1H3. The zero-order chi connectivity index (χ0) is 13.9. The maximum Gasteiger partial charge on any atom is 0.123 e. The van der Waals surface area contributed by atoms with Crippen LogP contribution in [0.2, 0.25) is 0 Å². The van der Waals surface area contributed by atoms with Gasteiger partial charge in [-0.2, -0.15) is 0 Å². The fourth-order valence-electron chi connectivity index (χ4n) is 2.18. The lowest BCUT2D eigenvalue weighted by Gasteiger charge is -2.00. The fraction of sp³-hybridized carbons (Fsp3) is 0.111. The Balaban J connectivity index is 1.82. The van der Waals surface area contributed by atoms with Gasteiger partial charge in [0.2, 0.25) is 0 Å². The molecular weight excluding hydrogens is 267 g/mol. The second-order valence-corrected chi connectivity index (χ2v) is 6.11. The van der Waals surface area contributed by atoms with Gasteiger partial charge in [-0.3, -0.25) is 0 Å². The lowest BCUT2D eigenvalue weighted by molar-refractivity contribution is 0.628. The van der Waals surface area contributed by atoms with Crippen LogP contribution in [-0.4, -0.2) is 0 Å². The molecule has 2 heteroatoms. The third-order valence-electron chi connectivity index (χ3n) is 3.27. The van der Waals surface area contributed by atoms with Crippen molar-refractivity contribution >= 4 is 11.3 Å². The summed E-state index contributed by atoms with van der Waals surface area (Å²) >= 11 is 1.73. The van der Waals surface area contributed by atoms with E-state index in [1.807, 2.05) is 6.07 Å². The first-order valence-corrected chi connectivity index (χ1v) is 7.42. The molecule has 0 aliphatic heterocycles. The van der Waals surface area contributed by atoms with Crippen molar-refractivity contribution in [3.63, 3.8) is 0 Å². The zero-order valence-corrected chi connectivity index (χ0v) is 12.1. The predicted molar refractivity (Wildman–Crippen MR) is 83.7 cm³/mol. The van der Waals surface area contributed by atoms with Crippen molar-refractivity contribution in [1.82, 2.24) is 0 Å². The molecule has 0 saturated carbocycles. The molecule has 0 N–H and O–H groups in total. The summed E-state index contributed by atoms with van der Waals surface area (Å²) in [5.41, 5.74) is 3.54. The molecule has 100 valence electrons. The molecule has 20 heavy (non-hydrogen) atoms. The van der Waals surface area contributed by atoms with Crippen LogP contribution in [0.4, 0.5) is 4.39 Å². The van der Waals surface area contributed by atoms with Crippen LogP contribution in [0.1, 0.15) is 16.0 Å². The first-order valence-electron chi connectivity index (χ1n) is 6.61. The topological polar surface area (TPSA) is 0 Å². The van der Waals surface area contributed by atoms with Gasteiger partial charge in [0.25, 0.3) is 0 Å². The van der Waals surface area contributed by atoms with E-state index >= 15 is 0 Å². The van der Waals surface area contributed by atoms with Crippen LogP contribution in [0.15, 0.2) is 60.7 Å². The normalized spacial score (nSPS) is 10.7. The molecular formula is C18H15FS. The zero-order valence-electron chi connectivity index (χ0n) is 11.3. The largest absolute Gasteiger partial charge is 0.207 e. The molecule has 2 aromatic carbocycles. The van der Waals surface area contributed by atoms with Crippen molar-refractivity contribution in [3.05, 3.63) is 82.5 Å². The molecule has 0 saturated heterocycles. The van der Waals surface area contributed by atoms with Crippen LogP contribution in [0.25, 0.3) is 10.4 Å². The first kappa shape index (κ1) is 13.1. The third-order valence-corrected chi connectivity index (χ3v) is 4.40. The number of benzene rings is 2. The molecule has 0 aliphatic carbocycles. The van der Waals surface area contributed by atoms with Crippen molar-refractivity contribution in [1.29, 1.82) is 0 Å². The van der Waals surface area contributed by atoms with Gasteiger partial charge in [-0.05, 0) is 42.3 Å². The Morgan fingerprint density at radius 3 is 2.50 bits per heavy atom. The summed E-state index contributed by atoms with van der Waals surface area (Å²) in [5, 5.41) is 0. The van der Waals surface area contributed by atoms with E-state index in [2.05, 4.69) is 43.3 Å². The van der Waals surface area contributed by atoms with E-state index in [1.54, 1.807) is 23.5 Å². The van der Waals surface area contributed by atoms with Gasteiger partial charge in [0.15, 0.2) is 0 Å². The van der Waals surface area contributed by atoms with E-state index in [-0.39, 0.29) is 5.82 Å². The summed E-state index contributed by atoms with van der Waals surface area (Å²) in [6, 6.07) is 19.6. The molecule has 3 aromatic rings. The Kier molecular flexibility index (Phi) is 3.66. The minimum Gasteiger partial charge on any atom is -0.207 e. The lowest BCUT2D eigenvalue weighted by atomic mass is 10.1. The van der Waals surface area contributed by atoms with Crippen LogP contribution in [0.5, 0.6) is 0 Å². The third kappa shape index (κ3) is 2.97. The first-order chi connectivity index (χ1) is 9.70. The molecule has 0 unspecified atom stereocenters. The highest BCUT2D eigenvalue weighted by Crippen LogP contribution is 2.29. The molecule has 0 bridgehead atoms. The van der Waals surface area contributed by atoms with Gasteiger partial charge in [-0.15, -0.1) is 11.3 Å². The summed E-state index contributed by atoms with van der Waals surface area (Å²) in [7, 11) is 0. The van der Waals surface area contributed by atoms with Crippen LogP contribution in [0, 0.1) is 12.7 Å². The maximum atomic E-state index is 13.2. The summed E-state index contributed by atoms with van der Waals surface area (Å²) in [5.74, 6) is -0.184. The highest BCUT2D eigenvalue weighted by Gasteiger charge is 2.04. The molecule has 0 amide bonds. The highest BCUT2D eigenvalue weighted by molar-refractivity contribution is 7.15. The van der Waals surface area contributed by atoms with Crippen molar-refractivity contribution in [2.45, 2.75) is 13.3 Å². The second kappa shape index (κ2) is 5.59. The molecule has 1 heterocycles. The Hall–Kier alpha value is -1.93. The Morgan fingerprint density at radius 1 is 0.950 bits per heavy atom. The fourth-order valence-corrected chi connectivity index (χ4v) is 3.22. The molecule has 0 fully saturated rings. The van der Waals surface area contributed by atoms with Crippen LogP contribution < -0.4 is 0 Å². The predicted octanol–water partition coefficient (Wildman–Crippen LogP) is 5.45. The van der Waals surface area contributed by atoms with Crippen LogP contribution >= 0.6 is 11.3 Å². The van der Waals surface area contributed by atoms with E-state index in [1.165, 1.54) is 22.1 Å². The van der Waals surface area contributed by atoms with Crippen molar-refractivity contribution < 1.29 is 4.39 Å². The van der Waals surface area contributed by atoms with E-state index < -0.39 is 0 Å². The van der Waals surface area contributed by atoms with E-state index in [0.29, 0.717) is 0 Å². The van der Waals surface area contributed by atoms with Crippen LogP contribution in [-0.2, 0) is 6.42 Å². The van der Waals surface area contributed by atoms with E-state index in [4.69, 9.17) is 0 Å². The van der Waals surface area contributed by atoms with Crippen molar-refractivity contribution in [3.8, 4) is 10.4 Å². The number of halogens is 1. The van der Waals surface area contributed by atoms with Crippen molar-refractivity contribution in [2.75, 3.05) is 0 Å². The number of thiophene rings is 1. The summed E-state index contributed by atoms with van der Waals surface area (Å²) in [6.45, 7) is 2.09. The monoisotopic (exact) mass is 282 g/mol. The van der Waals surface area contributed by atoms with Gasteiger partial charge in [-0.1, -0.05) is 42.0 Å². The Bertz CT molecular complexity index is 710. The number of hydrogen-bond acceptors (Lipinski definition) is 1. The smallest absolute Gasteiger partial charge is 0.123 e. The number of rotatable bonds is 3. The average Bonchev–Trinajstić information content (AvgIpc) is 2.90. The van der Waals surface area contributed by atoms with Gasteiger partial charge in [0, 0.05) is 16.2 Å². The minimum absolute atomic E-state index is 0.184. The summed E-state index contributed by atoms with van der Waals surface area (Å²) < 4.78 is 13.2. The molecule has 0 spiro atoms. The quantitative estimate of drug-likeness (QED) is 0.599. The summed E-state index contributed by atoms with van der Waals surface area (Å²) in [4.78, 5) is 2.42. The van der Waals surface area contributed by atoms with E-state index in [0.717, 1.165) is 16.9 Å².